The molecular weight excluding hydrogens is 232 g/mol. The third-order valence-corrected chi connectivity index (χ3v) is 3.42. The first-order valence-electron chi connectivity index (χ1n) is 6.59. The van der Waals surface area contributed by atoms with Crippen molar-refractivity contribution in [2.75, 3.05) is 0 Å². The van der Waals surface area contributed by atoms with Gasteiger partial charge in [0.2, 0.25) is 5.89 Å². The van der Waals surface area contributed by atoms with Crippen molar-refractivity contribution in [1.29, 1.82) is 0 Å². The van der Waals surface area contributed by atoms with Crippen LogP contribution in [0.2, 0.25) is 0 Å². The molecule has 1 aromatic heterocycles. The molecule has 1 aromatic rings. The summed E-state index contributed by atoms with van der Waals surface area (Å²) in [5.41, 5.74) is 1.97. The standard InChI is InChI=1S/C12H20N4O2/c1-2-11-15-12(18-16-11)9-6-4-3-5-7-10(9)13-8-14-17/h8-10,17H,2-7H2,1H3,(H,13,14). The zero-order valence-corrected chi connectivity index (χ0v) is 10.7. The highest BCUT2D eigenvalue weighted by Crippen LogP contribution is 2.33. The number of nitrogens with zero attached hydrogens (tertiary/aromatic N) is 3. The van der Waals surface area contributed by atoms with Gasteiger partial charge < -0.3 is 4.52 Å². The highest BCUT2D eigenvalue weighted by molar-refractivity contribution is 5.52. The molecule has 0 aliphatic heterocycles. The summed E-state index contributed by atoms with van der Waals surface area (Å²) in [5, 5.41) is 12.6. The van der Waals surface area contributed by atoms with E-state index in [-0.39, 0.29) is 12.0 Å². The molecule has 0 amide bonds. The van der Waals surface area contributed by atoms with Gasteiger partial charge in [-0.2, -0.15) is 4.98 Å². The Kier molecular flexibility index (Phi) is 4.69. The fourth-order valence-corrected chi connectivity index (χ4v) is 2.45. The summed E-state index contributed by atoms with van der Waals surface area (Å²) in [4.78, 5) is 8.76. The molecule has 100 valence electrons. The first-order valence-corrected chi connectivity index (χ1v) is 6.59. The van der Waals surface area contributed by atoms with E-state index in [4.69, 9.17) is 9.73 Å². The Morgan fingerprint density at radius 2 is 2.28 bits per heavy atom. The number of aromatic nitrogens is 2. The van der Waals surface area contributed by atoms with Gasteiger partial charge >= 0.3 is 0 Å². The number of hydrogen-bond acceptors (Lipinski definition) is 5. The molecule has 0 aromatic carbocycles. The van der Waals surface area contributed by atoms with Crippen molar-refractivity contribution in [2.45, 2.75) is 57.4 Å². The van der Waals surface area contributed by atoms with Gasteiger partial charge in [0.25, 0.3) is 0 Å². The van der Waals surface area contributed by atoms with E-state index in [2.05, 4.69) is 15.1 Å². The van der Waals surface area contributed by atoms with Gasteiger partial charge in [0.1, 0.15) is 6.34 Å². The zero-order chi connectivity index (χ0) is 12.8. The first kappa shape index (κ1) is 13.0. The van der Waals surface area contributed by atoms with Gasteiger partial charge in [-0.25, -0.2) is 0 Å². The van der Waals surface area contributed by atoms with E-state index in [1.54, 1.807) is 0 Å². The number of rotatable bonds is 4. The van der Waals surface area contributed by atoms with Crippen LogP contribution in [-0.4, -0.2) is 27.7 Å². The Hall–Kier alpha value is -1.43. The fraction of sp³-hybridized carbons (Fsp3) is 0.750. The highest BCUT2D eigenvalue weighted by Gasteiger charge is 2.29. The van der Waals surface area contributed by atoms with Crippen LogP contribution < -0.4 is 5.48 Å². The van der Waals surface area contributed by atoms with Gasteiger partial charge in [0, 0.05) is 6.42 Å². The van der Waals surface area contributed by atoms with Crippen molar-refractivity contribution in [3.63, 3.8) is 0 Å². The molecule has 18 heavy (non-hydrogen) atoms. The van der Waals surface area contributed by atoms with Crippen LogP contribution in [0.1, 0.15) is 56.7 Å². The average molecular weight is 252 g/mol. The van der Waals surface area contributed by atoms with Crippen LogP contribution in [0.4, 0.5) is 0 Å². The lowest BCUT2D eigenvalue weighted by atomic mass is 9.95. The maximum absolute atomic E-state index is 8.62. The topological polar surface area (TPSA) is 83.5 Å². The Bertz CT molecular complexity index is 391. The molecule has 0 bridgehead atoms. The van der Waals surface area contributed by atoms with Crippen molar-refractivity contribution in [3.8, 4) is 0 Å². The number of aliphatic imine (C=N–C) groups is 1. The van der Waals surface area contributed by atoms with E-state index in [0.717, 1.165) is 37.9 Å². The quantitative estimate of drug-likeness (QED) is 0.371. The molecule has 1 saturated carbocycles. The molecule has 2 rings (SSSR count). The van der Waals surface area contributed by atoms with Crippen molar-refractivity contribution < 1.29 is 9.73 Å². The first-order chi connectivity index (χ1) is 8.85. The number of aryl methyl sites for hydroxylation is 1. The molecule has 2 N–H and O–H groups in total. The Morgan fingerprint density at radius 3 is 3.00 bits per heavy atom. The van der Waals surface area contributed by atoms with Crippen LogP contribution >= 0.6 is 0 Å². The predicted molar refractivity (Wildman–Crippen MR) is 66.7 cm³/mol. The lowest BCUT2D eigenvalue weighted by molar-refractivity contribution is 0.238. The minimum atomic E-state index is 0.109. The van der Waals surface area contributed by atoms with Gasteiger partial charge in [0.05, 0.1) is 12.0 Å². The number of hydrogen-bond donors (Lipinski definition) is 2. The van der Waals surface area contributed by atoms with Crippen LogP contribution in [0.25, 0.3) is 0 Å². The molecule has 6 heteroatoms. The second-order valence-corrected chi connectivity index (χ2v) is 4.62. The summed E-state index contributed by atoms with van der Waals surface area (Å²) >= 11 is 0. The molecule has 0 saturated heterocycles. The fourth-order valence-electron chi connectivity index (χ4n) is 2.45. The third kappa shape index (κ3) is 3.07. The maximum atomic E-state index is 8.62. The molecule has 1 aliphatic rings. The molecule has 2 atom stereocenters. The van der Waals surface area contributed by atoms with E-state index in [9.17, 15) is 0 Å². The van der Waals surface area contributed by atoms with Crippen molar-refractivity contribution in [1.82, 2.24) is 15.6 Å². The summed E-state index contributed by atoms with van der Waals surface area (Å²) in [7, 11) is 0. The van der Waals surface area contributed by atoms with E-state index < -0.39 is 0 Å². The Morgan fingerprint density at radius 1 is 1.44 bits per heavy atom. The summed E-state index contributed by atoms with van der Waals surface area (Å²) in [6.45, 7) is 2.01. The zero-order valence-electron chi connectivity index (χ0n) is 10.7. The summed E-state index contributed by atoms with van der Waals surface area (Å²) < 4.78 is 5.34. The maximum Gasteiger partial charge on any atom is 0.231 e. The molecule has 0 radical (unpaired) electrons. The SMILES string of the molecule is CCc1noc(C2CCCCCC2N=CNO)n1. The van der Waals surface area contributed by atoms with Crippen molar-refractivity contribution in [2.24, 2.45) is 4.99 Å². The Labute approximate surface area is 106 Å². The van der Waals surface area contributed by atoms with Gasteiger partial charge in [-0.05, 0) is 12.8 Å². The van der Waals surface area contributed by atoms with Crippen molar-refractivity contribution in [3.05, 3.63) is 11.7 Å². The molecule has 1 fully saturated rings. The smallest absolute Gasteiger partial charge is 0.231 e. The highest BCUT2D eigenvalue weighted by atomic mass is 16.5. The lowest BCUT2D eigenvalue weighted by Crippen LogP contribution is -2.18. The van der Waals surface area contributed by atoms with Gasteiger partial charge in [0.15, 0.2) is 5.82 Å². The van der Waals surface area contributed by atoms with Crippen LogP contribution in [0.15, 0.2) is 9.52 Å². The van der Waals surface area contributed by atoms with E-state index in [0.29, 0.717) is 5.89 Å². The second-order valence-electron chi connectivity index (χ2n) is 4.62. The van der Waals surface area contributed by atoms with Crippen LogP contribution in [0.5, 0.6) is 0 Å². The van der Waals surface area contributed by atoms with E-state index in [1.807, 2.05) is 12.4 Å². The molecule has 1 aliphatic carbocycles. The molecule has 0 spiro atoms. The monoisotopic (exact) mass is 252 g/mol. The molecular formula is C12H20N4O2. The normalized spacial score (nSPS) is 25.2. The minimum absolute atomic E-state index is 0.109. The third-order valence-electron chi connectivity index (χ3n) is 3.42. The van der Waals surface area contributed by atoms with Crippen LogP contribution in [-0.2, 0) is 6.42 Å². The van der Waals surface area contributed by atoms with Gasteiger partial charge in [-0.3, -0.25) is 15.7 Å². The molecule has 6 nitrogen and oxygen atoms in total. The summed E-state index contributed by atoms with van der Waals surface area (Å²) in [5.74, 6) is 1.61. The Balaban J connectivity index is 2.16. The predicted octanol–water partition coefficient (Wildman–Crippen LogP) is 2.06. The minimum Gasteiger partial charge on any atom is -0.339 e. The van der Waals surface area contributed by atoms with Crippen molar-refractivity contribution >= 4 is 6.34 Å². The van der Waals surface area contributed by atoms with Gasteiger partial charge in [-0.15, -0.1) is 0 Å². The van der Waals surface area contributed by atoms with E-state index >= 15 is 0 Å². The largest absolute Gasteiger partial charge is 0.339 e. The number of hydroxylamine groups is 1. The number of nitrogens with one attached hydrogen (secondary N) is 1. The molecule has 1 heterocycles. The van der Waals surface area contributed by atoms with Gasteiger partial charge in [-0.1, -0.05) is 31.3 Å². The molecule has 2 unspecified atom stereocenters. The lowest BCUT2D eigenvalue weighted by Gasteiger charge is -2.17. The van der Waals surface area contributed by atoms with E-state index in [1.165, 1.54) is 12.8 Å². The average Bonchev–Trinajstić information content (AvgIpc) is 2.75. The summed E-state index contributed by atoms with van der Waals surface area (Å²) in [6.07, 6.45) is 7.64. The van der Waals surface area contributed by atoms with Crippen LogP contribution in [0, 0.1) is 0 Å². The summed E-state index contributed by atoms with van der Waals surface area (Å²) in [6, 6.07) is 0.109. The second kappa shape index (κ2) is 6.49. The van der Waals surface area contributed by atoms with Crippen LogP contribution in [0.3, 0.4) is 0 Å².